The van der Waals surface area contributed by atoms with Crippen molar-refractivity contribution in [2.24, 2.45) is 0 Å². The third-order valence-electron chi connectivity index (χ3n) is 2.47. The highest BCUT2D eigenvalue weighted by Gasteiger charge is 2.32. The van der Waals surface area contributed by atoms with Gasteiger partial charge in [0.15, 0.2) is 0 Å². The Bertz CT molecular complexity index is 582. The van der Waals surface area contributed by atoms with E-state index in [0.29, 0.717) is 0 Å². The first-order valence-corrected chi connectivity index (χ1v) is 6.76. The molecule has 7 nitrogen and oxygen atoms in total. The number of carbonyl (C=O) groups is 1. The molecule has 0 saturated heterocycles. The second-order valence-electron chi connectivity index (χ2n) is 5.44. The summed E-state index contributed by atoms with van der Waals surface area (Å²) < 4.78 is 4.95. The third-order valence-corrected chi connectivity index (χ3v) is 2.74. The number of hydrogen-bond donors (Lipinski definition) is 1. The number of nitrogens with one attached hydrogen (secondary N) is 1. The molecule has 0 aromatic carbocycles. The van der Waals surface area contributed by atoms with E-state index in [9.17, 15) is 14.9 Å². The molecule has 8 heteroatoms. The van der Waals surface area contributed by atoms with Crippen molar-refractivity contribution in [2.75, 3.05) is 11.9 Å². The average Bonchev–Trinajstić information content (AvgIpc) is 2.25. The Hall–Kier alpha value is -1.89. The molecule has 116 valence electrons. The molecule has 0 radical (unpaired) electrons. The number of ether oxygens (including phenoxy) is 1. The summed E-state index contributed by atoms with van der Waals surface area (Å²) in [5.41, 5.74) is -0.606. The summed E-state index contributed by atoms with van der Waals surface area (Å²) in [6, 6.07) is 0. The number of rotatable bonds is 4. The van der Waals surface area contributed by atoms with Gasteiger partial charge in [-0.15, -0.1) is 0 Å². The monoisotopic (exact) mass is 315 g/mol. The van der Waals surface area contributed by atoms with E-state index in [0.717, 1.165) is 0 Å². The van der Waals surface area contributed by atoms with Crippen molar-refractivity contribution in [1.82, 2.24) is 4.98 Å². The van der Waals surface area contributed by atoms with Crippen molar-refractivity contribution in [3.63, 3.8) is 0 Å². The average molecular weight is 316 g/mol. The van der Waals surface area contributed by atoms with Crippen molar-refractivity contribution in [2.45, 2.75) is 40.2 Å². The van der Waals surface area contributed by atoms with Gasteiger partial charge in [-0.3, -0.25) is 10.1 Å². The van der Waals surface area contributed by atoms with E-state index < -0.39 is 22.1 Å². The molecule has 0 aliphatic rings. The number of pyridine rings is 1. The van der Waals surface area contributed by atoms with Gasteiger partial charge in [0.05, 0.1) is 17.2 Å². The molecule has 1 aromatic heterocycles. The van der Waals surface area contributed by atoms with Crippen LogP contribution in [0.3, 0.4) is 0 Å². The molecular formula is C13H18ClN3O4. The maximum absolute atomic E-state index is 12.1. The number of aryl methyl sites for hydroxylation is 1. The largest absolute Gasteiger partial charge is 0.462 e. The fourth-order valence-electron chi connectivity index (χ4n) is 1.77. The molecule has 0 aliphatic carbocycles. The number of nitro groups is 1. The van der Waals surface area contributed by atoms with E-state index >= 15 is 0 Å². The lowest BCUT2D eigenvalue weighted by Gasteiger charge is -2.24. The van der Waals surface area contributed by atoms with E-state index in [1.807, 2.05) is 20.8 Å². The summed E-state index contributed by atoms with van der Waals surface area (Å²) in [4.78, 5) is 26.6. The normalized spacial score (nSPS) is 11.1. The predicted molar refractivity (Wildman–Crippen MR) is 80.0 cm³/mol. The molecule has 0 atom stereocenters. The van der Waals surface area contributed by atoms with Gasteiger partial charge in [-0.05, 0) is 34.6 Å². The summed E-state index contributed by atoms with van der Waals surface area (Å²) in [6.07, 6.45) is 0. The number of esters is 1. The van der Waals surface area contributed by atoms with Crippen LogP contribution in [0.25, 0.3) is 0 Å². The number of aromatic nitrogens is 1. The fraction of sp³-hybridized carbons (Fsp3) is 0.538. The quantitative estimate of drug-likeness (QED) is 0.396. The van der Waals surface area contributed by atoms with Gasteiger partial charge in [0, 0.05) is 5.54 Å². The zero-order chi connectivity index (χ0) is 16.4. The second kappa shape index (κ2) is 6.26. The third kappa shape index (κ3) is 4.04. The van der Waals surface area contributed by atoms with Crippen molar-refractivity contribution in [3.05, 3.63) is 26.5 Å². The lowest BCUT2D eigenvalue weighted by molar-refractivity contribution is -0.384. The lowest BCUT2D eigenvalue weighted by atomic mass is 10.0. The van der Waals surface area contributed by atoms with Crippen LogP contribution in [0.2, 0.25) is 5.15 Å². The SMILES string of the molecule is CCOC(=O)c1c(C)nc(Cl)c([N+](=O)[O-])c1NC(C)(C)C. The van der Waals surface area contributed by atoms with Crippen LogP contribution in [-0.2, 0) is 4.74 Å². The van der Waals surface area contributed by atoms with Gasteiger partial charge in [0.25, 0.3) is 0 Å². The molecule has 1 rings (SSSR count). The van der Waals surface area contributed by atoms with Crippen LogP contribution in [0.4, 0.5) is 11.4 Å². The molecule has 1 N–H and O–H groups in total. The van der Waals surface area contributed by atoms with E-state index in [1.54, 1.807) is 13.8 Å². The van der Waals surface area contributed by atoms with Gasteiger partial charge in [0.2, 0.25) is 5.15 Å². The van der Waals surface area contributed by atoms with Crippen LogP contribution in [0.15, 0.2) is 0 Å². The number of anilines is 1. The highest BCUT2D eigenvalue weighted by molar-refractivity contribution is 6.32. The summed E-state index contributed by atoms with van der Waals surface area (Å²) >= 11 is 5.87. The summed E-state index contributed by atoms with van der Waals surface area (Å²) in [5.74, 6) is -0.672. The Labute approximate surface area is 127 Å². The first-order chi connectivity index (χ1) is 9.58. The van der Waals surface area contributed by atoms with Crippen LogP contribution in [-0.4, -0.2) is 28.0 Å². The first-order valence-electron chi connectivity index (χ1n) is 6.38. The summed E-state index contributed by atoms with van der Waals surface area (Å²) in [7, 11) is 0. The highest BCUT2D eigenvalue weighted by Crippen LogP contribution is 2.37. The van der Waals surface area contributed by atoms with Gasteiger partial charge in [-0.25, -0.2) is 9.78 Å². The van der Waals surface area contributed by atoms with Gasteiger partial charge in [-0.1, -0.05) is 11.6 Å². The van der Waals surface area contributed by atoms with Crippen LogP contribution >= 0.6 is 11.6 Å². The number of halogens is 1. The molecular weight excluding hydrogens is 298 g/mol. The molecule has 0 unspecified atom stereocenters. The van der Waals surface area contributed by atoms with Crippen molar-refractivity contribution in [1.29, 1.82) is 0 Å². The molecule has 0 bridgehead atoms. The highest BCUT2D eigenvalue weighted by atomic mass is 35.5. The lowest BCUT2D eigenvalue weighted by Crippen LogP contribution is -2.29. The second-order valence-corrected chi connectivity index (χ2v) is 5.80. The van der Waals surface area contributed by atoms with Crippen LogP contribution in [0.1, 0.15) is 43.7 Å². The fourth-order valence-corrected chi connectivity index (χ4v) is 2.07. The van der Waals surface area contributed by atoms with Crippen LogP contribution < -0.4 is 5.32 Å². The minimum Gasteiger partial charge on any atom is -0.462 e. The van der Waals surface area contributed by atoms with Crippen LogP contribution in [0.5, 0.6) is 0 Å². The smallest absolute Gasteiger partial charge is 0.342 e. The van der Waals surface area contributed by atoms with Gasteiger partial charge >= 0.3 is 11.7 Å². The number of carbonyl (C=O) groups excluding carboxylic acids is 1. The molecule has 0 aliphatic heterocycles. The molecule has 1 aromatic rings. The summed E-state index contributed by atoms with van der Waals surface area (Å²) in [6.45, 7) is 8.81. The molecule has 0 spiro atoms. The van der Waals surface area contributed by atoms with E-state index in [4.69, 9.17) is 16.3 Å². The van der Waals surface area contributed by atoms with Crippen LogP contribution in [0, 0.1) is 17.0 Å². The Morgan fingerprint density at radius 1 is 1.48 bits per heavy atom. The van der Waals surface area contributed by atoms with E-state index in [-0.39, 0.29) is 28.7 Å². The maximum Gasteiger partial charge on any atom is 0.342 e. The Balaban J connectivity index is 3.64. The van der Waals surface area contributed by atoms with Gasteiger partial charge < -0.3 is 10.1 Å². The number of hydrogen-bond acceptors (Lipinski definition) is 6. The van der Waals surface area contributed by atoms with Crippen molar-refractivity contribution in [3.8, 4) is 0 Å². The summed E-state index contributed by atoms with van der Waals surface area (Å²) in [5, 5.41) is 13.9. The zero-order valence-electron chi connectivity index (χ0n) is 12.6. The van der Waals surface area contributed by atoms with Crippen molar-refractivity contribution >= 4 is 28.9 Å². The van der Waals surface area contributed by atoms with E-state index in [1.165, 1.54) is 0 Å². The Morgan fingerprint density at radius 3 is 2.48 bits per heavy atom. The first kappa shape index (κ1) is 17.2. The minimum atomic E-state index is -0.672. The molecule has 21 heavy (non-hydrogen) atoms. The topological polar surface area (TPSA) is 94.4 Å². The Kier molecular flexibility index (Phi) is 5.11. The minimum absolute atomic E-state index is 0.0304. The standard InChI is InChI=1S/C13H18ClN3O4/c1-6-21-12(18)8-7(2)15-11(14)10(17(19)20)9(8)16-13(3,4)5/h6H2,1-5H3,(H,15,16). The maximum atomic E-state index is 12.1. The number of nitrogens with zero attached hydrogens (tertiary/aromatic N) is 2. The van der Waals surface area contributed by atoms with E-state index in [2.05, 4.69) is 10.3 Å². The predicted octanol–water partition coefficient (Wildman–Crippen LogP) is 3.34. The van der Waals surface area contributed by atoms with Gasteiger partial charge in [0.1, 0.15) is 11.3 Å². The molecule has 0 amide bonds. The molecule has 0 saturated carbocycles. The molecule has 0 fully saturated rings. The van der Waals surface area contributed by atoms with Crippen molar-refractivity contribution < 1.29 is 14.5 Å². The molecule has 1 heterocycles. The zero-order valence-corrected chi connectivity index (χ0v) is 13.4. The Morgan fingerprint density at radius 2 is 2.05 bits per heavy atom. The van der Waals surface area contributed by atoms with Gasteiger partial charge in [-0.2, -0.15) is 0 Å².